The molecule has 20 heavy (non-hydrogen) atoms. The maximum absolute atomic E-state index is 11.9. The molecule has 0 bridgehead atoms. The average molecular weight is 281 g/mol. The lowest BCUT2D eigenvalue weighted by Gasteiger charge is -2.13. The summed E-state index contributed by atoms with van der Waals surface area (Å²) in [4.78, 5) is 22.6. The Morgan fingerprint density at radius 1 is 1.35 bits per heavy atom. The summed E-state index contributed by atoms with van der Waals surface area (Å²) in [7, 11) is 0. The molecule has 0 heterocycles. The Balaban J connectivity index is 2.73. The van der Waals surface area contributed by atoms with Crippen molar-refractivity contribution < 1.29 is 24.5 Å². The number of hydrogen-bond donors (Lipinski definition) is 3. The van der Waals surface area contributed by atoms with E-state index in [1.165, 1.54) is 6.07 Å². The Morgan fingerprint density at radius 3 is 2.60 bits per heavy atom. The second kappa shape index (κ2) is 7.49. The van der Waals surface area contributed by atoms with Crippen molar-refractivity contribution in [2.75, 3.05) is 13.2 Å². The normalized spacial score (nSPS) is 12.0. The van der Waals surface area contributed by atoms with Gasteiger partial charge in [-0.2, -0.15) is 0 Å². The first-order valence-corrected chi connectivity index (χ1v) is 6.31. The standard InChI is InChI=1S/C14H19NO5/c1-9(2)8-20-11-5-3-4-10(6-11)13(17)15-12(7-16)14(18)19/h3-6,9,12,16H,7-8H2,1-2H3,(H,15,17)(H,18,19). The van der Waals surface area contributed by atoms with E-state index in [1.807, 2.05) is 13.8 Å². The van der Waals surface area contributed by atoms with Gasteiger partial charge >= 0.3 is 5.97 Å². The minimum absolute atomic E-state index is 0.283. The average Bonchev–Trinajstić information content (AvgIpc) is 2.42. The van der Waals surface area contributed by atoms with Gasteiger partial charge in [0.15, 0.2) is 6.04 Å². The Hall–Kier alpha value is -2.08. The molecular formula is C14H19NO5. The molecule has 0 aromatic heterocycles. The zero-order chi connectivity index (χ0) is 15.1. The van der Waals surface area contributed by atoms with Crippen LogP contribution >= 0.6 is 0 Å². The molecule has 1 rings (SSSR count). The van der Waals surface area contributed by atoms with Crippen LogP contribution in [0.2, 0.25) is 0 Å². The van der Waals surface area contributed by atoms with Gasteiger partial charge in [0.2, 0.25) is 0 Å². The summed E-state index contributed by atoms with van der Waals surface area (Å²) in [5.41, 5.74) is 0.283. The molecule has 0 spiro atoms. The van der Waals surface area contributed by atoms with Gasteiger partial charge < -0.3 is 20.3 Å². The molecular weight excluding hydrogens is 262 g/mol. The summed E-state index contributed by atoms with van der Waals surface area (Å²) < 4.78 is 5.49. The third-order valence-electron chi connectivity index (χ3n) is 2.47. The van der Waals surface area contributed by atoms with Gasteiger partial charge in [0.05, 0.1) is 13.2 Å². The van der Waals surface area contributed by atoms with E-state index in [-0.39, 0.29) is 5.56 Å². The van der Waals surface area contributed by atoms with Crippen LogP contribution < -0.4 is 10.1 Å². The Kier molecular flexibility index (Phi) is 5.99. The number of rotatable bonds is 7. The lowest BCUT2D eigenvalue weighted by molar-refractivity contribution is -0.140. The van der Waals surface area contributed by atoms with Crippen molar-refractivity contribution in [3.63, 3.8) is 0 Å². The number of carboxylic acid groups (broad SMARTS) is 1. The van der Waals surface area contributed by atoms with Gasteiger partial charge in [0.25, 0.3) is 5.91 Å². The van der Waals surface area contributed by atoms with E-state index < -0.39 is 24.5 Å². The van der Waals surface area contributed by atoms with Crippen molar-refractivity contribution in [3.05, 3.63) is 29.8 Å². The molecule has 0 saturated carbocycles. The molecule has 6 nitrogen and oxygen atoms in total. The Bertz CT molecular complexity index is 472. The van der Waals surface area contributed by atoms with Crippen LogP contribution in [0.1, 0.15) is 24.2 Å². The van der Waals surface area contributed by atoms with E-state index in [2.05, 4.69) is 5.32 Å². The highest BCUT2D eigenvalue weighted by molar-refractivity contribution is 5.96. The van der Waals surface area contributed by atoms with Crippen molar-refractivity contribution in [2.24, 2.45) is 5.92 Å². The molecule has 1 aromatic carbocycles. The fourth-order valence-electron chi connectivity index (χ4n) is 1.42. The SMILES string of the molecule is CC(C)COc1cccc(C(=O)NC(CO)C(=O)O)c1. The molecule has 6 heteroatoms. The number of amides is 1. The quantitative estimate of drug-likeness (QED) is 0.690. The van der Waals surface area contributed by atoms with Crippen LogP contribution in [0.5, 0.6) is 5.75 Å². The molecule has 0 saturated heterocycles. The highest BCUT2D eigenvalue weighted by atomic mass is 16.5. The lowest BCUT2D eigenvalue weighted by atomic mass is 10.2. The van der Waals surface area contributed by atoms with E-state index in [4.69, 9.17) is 14.9 Å². The minimum Gasteiger partial charge on any atom is -0.493 e. The van der Waals surface area contributed by atoms with Crippen LogP contribution in [0, 0.1) is 5.92 Å². The predicted molar refractivity (Wildman–Crippen MR) is 72.8 cm³/mol. The Morgan fingerprint density at radius 2 is 2.05 bits per heavy atom. The fraction of sp³-hybridized carbons (Fsp3) is 0.429. The van der Waals surface area contributed by atoms with Crippen molar-refractivity contribution in [3.8, 4) is 5.75 Å². The first-order valence-electron chi connectivity index (χ1n) is 6.31. The predicted octanol–water partition coefficient (Wildman–Crippen LogP) is 0.897. The van der Waals surface area contributed by atoms with Crippen molar-refractivity contribution in [1.29, 1.82) is 0 Å². The van der Waals surface area contributed by atoms with Crippen molar-refractivity contribution in [2.45, 2.75) is 19.9 Å². The number of aliphatic hydroxyl groups excluding tert-OH is 1. The smallest absolute Gasteiger partial charge is 0.328 e. The topological polar surface area (TPSA) is 95.9 Å². The summed E-state index contributed by atoms with van der Waals surface area (Å²) in [6.07, 6.45) is 0. The van der Waals surface area contributed by atoms with Gasteiger partial charge in [-0.1, -0.05) is 19.9 Å². The van der Waals surface area contributed by atoms with E-state index in [0.717, 1.165) is 0 Å². The number of benzene rings is 1. The molecule has 1 atom stereocenters. The van der Waals surface area contributed by atoms with Gasteiger partial charge in [-0.3, -0.25) is 4.79 Å². The van der Waals surface area contributed by atoms with Gasteiger partial charge in [-0.25, -0.2) is 4.79 Å². The molecule has 0 radical (unpaired) electrons. The second-order valence-corrected chi connectivity index (χ2v) is 4.78. The second-order valence-electron chi connectivity index (χ2n) is 4.78. The van der Waals surface area contributed by atoms with Gasteiger partial charge in [-0.15, -0.1) is 0 Å². The zero-order valence-corrected chi connectivity index (χ0v) is 11.5. The number of aliphatic hydroxyl groups is 1. The fourth-order valence-corrected chi connectivity index (χ4v) is 1.42. The molecule has 1 amide bonds. The number of ether oxygens (including phenoxy) is 1. The van der Waals surface area contributed by atoms with Crippen LogP contribution in [0.4, 0.5) is 0 Å². The lowest BCUT2D eigenvalue weighted by Crippen LogP contribution is -2.43. The highest BCUT2D eigenvalue weighted by Gasteiger charge is 2.19. The highest BCUT2D eigenvalue weighted by Crippen LogP contribution is 2.14. The van der Waals surface area contributed by atoms with Crippen LogP contribution in [0.15, 0.2) is 24.3 Å². The number of carbonyl (C=O) groups excluding carboxylic acids is 1. The van der Waals surface area contributed by atoms with E-state index >= 15 is 0 Å². The van der Waals surface area contributed by atoms with Gasteiger partial charge in [-0.05, 0) is 24.1 Å². The van der Waals surface area contributed by atoms with Crippen LogP contribution in [-0.2, 0) is 4.79 Å². The monoisotopic (exact) mass is 281 g/mol. The first kappa shape index (κ1) is 16.0. The molecule has 110 valence electrons. The van der Waals surface area contributed by atoms with E-state index in [9.17, 15) is 9.59 Å². The maximum Gasteiger partial charge on any atom is 0.328 e. The summed E-state index contributed by atoms with van der Waals surface area (Å²) in [5.74, 6) is -0.949. The van der Waals surface area contributed by atoms with Crippen molar-refractivity contribution >= 4 is 11.9 Å². The number of nitrogens with one attached hydrogen (secondary N) is 1. The molecule has 1 unspecified atom stereocenters. The summed E-state index contributed by atoms with van der Waals surface area (Å²) >= 11 is 0. The molecule has 0 aliphatic carbocycles. The molecule has 0 aliphatic rings. The molecule has 0 fully saturated rings. The Labute approximate surface area is 117 Å². The number of carbonyl (C=O) groups is 2. The molecule has 0 aliphatic heterocycles. The summed E-state index contributed by atoms with van der Waals surface area (Å²) in [5, 5.41) is 19.9. The van der Waals surface area contributed by atoms with Crippen LogP contribution in [0.3, 0.4) is 0 Å². The van der Waals surface area contributed by atoms with Crippen LogP contribution in [0.25, 0.3) is 0 Å². The third kappa shape index (κ3) is 4.89. The summed E-state index contributed by atoms with van der Waals surface area (Å²) in [6.45, 7) is 3.88. The van der Waals surface area contributed by atoms with Gasteiger partial charge in [0, 0.05) is 5.56 Å². The minimum atomic E-state index is -1.32. The maximum atomic E-state index is 11.9. The summed E-state index contributed by atoms with van der Waals surface area (Å²) in [6, 6.07) is 5.14. The number of aliphatic carboxylic acids is 1. The van der Waals surface area contributed by atoms with Gasteiger partial charge in [0.1, 0.15) is 5.75 Å². The van der Waals surface area contributed by atoms with Crippen LogP contribution in [-0.4, -0.2) is 41.3 Å². The number of carboxylic acids is 1. The molecule has 1 aromatic rings. The van der Waals surface area contributed by atoms with Crippen molar-refractivity contribution in [1.82, 2.24) is 5.32 Å². The van der Waals surface area contributed by atoms with E-state index in [0.29, 0.717) is 18.3 Å². The van der Waals surface area contributed by atoms with E-state index in [1.54, 1.807) is 18.2 Å². The largest absolute Gasteiger partial charge is 0.493 e. The third-order valence-corrected chi connectivity index (χ3v) is 2.47. The number of hydrogen-bond acceptors (Lipinski definition) is 4. The zero-order valence-electron chi connectivity index (χ0n) is 11.5. The first-order chi connectivity index (χ1) is 9.43. The molecule has 3 N–H and O–H groups in total.